The van der Waals surface area contributed by atoms with Gasteiger partial charge < -0.3 is 24.4 Å². The summed E-state index contributed by atoms with van der Waals surface area (Å²) in [6, 6.07) is 7.89. The number of fused-ring (bicyclic) bond motifs is 1. The number of aromatic nitrogens is 2. The van der Waals surface area contributed by atoms with Crippen LogP contribution in [0.25, 0.3) is 10.9 Å². The van der Waals surface area contributed by atoms with Crippen molar-refractivity contribution in [3.8, 4) is 5.75 Å². The number of nitrogens with zero attached hydrogens (tertiary/aromatic N) is 4. The molecule has 1 saturated heterocycles. The molecule has 14 heteroatoms. The first-order valence-electron chi connectivity index (χ1n) is 15.2. The summed E-state index contributed by atoms with van der Waals surface area (Å²) in [4.78, 5) is 26.1. The van der Waals surface area contributed by atoms with E-state index in [2.05, 4.69) is 30.4 Å². The second-order valence-corrected chi connectivity index (χ2v) is 13.4. The predicted molar refractivity (Wildman–Crippen MR) is 174 cm³/mol. The zero-order valence-electron chi connectivity index (χ0n) is 25.5. The third-order valence-corrected chi connectivity index (χ3v) is 9.81. The van der Waals surface area contributed by atoms with E-state index in [-0.39, 0.29) is 17.2 Å². The van der Waals surface area contributed by atoms with Crippen LogP contribution in [-0.2, 0) is 18.4 Å². The van der Waals surface area contributed by atoms with Gasteiger partial charge in [-0.3, -0.25) is 19.2 Å². The van der Waals surface area contributed by atoms with Crippen molar-refractivity contribution in [2.24, 2.45) is 5.92 Å². The molecule has 0 bridgehead atoms. The van der Waals surface area contributed by atoms with E-state index in [0.29, 0.717) is 66.1 Å². The summed E-state index contributed by atoms with van der Waals surface area (Å²) in [5, 5.41) is 6.76. The Morgan fingerprint density at radius 1 is 1.09 bits per heavy atom. The zero-order chi connectivity index (χ0) is 31.8. The van der Waals surface area contributed by atoms with E-state index in [1.807, 2.05) is 19.9 Å². The van der Waals surface area contributed by atoms with Crippen molar-refractivity contribution in [3.63, 3.8) is 0 Å². The molecule has 1 aliphatic heterocycles. The van der Waals surface area contributed by atoms with Gasteiger partial charge in [0.2, 0.25) is 5.91 Å². The summed E-state index contributed by atoms with van der Waals surface area (Å²) in [6.07, 6.45) is 7.30. The second kappa shape index (κ2) is 15.4. The first-order chi connectivity index (χ1) is 21.7. The molecule has 5 rings (SSSR count). The lowest BCUT2D eigenvalue weighted by Crippen LogP contribution is -2.46. The molecule has 0 unspecified atom stereocenters. The van der Waals surface area contributed by atoms with Crippen LogP contribution in [0.4, 0.5) is 21.6 Å². The molecule has 1 aromatic heterocycles. The molecule has 2 fully saturated rings. The number of rotatable bonds is 15. The van der Waals surface area contributed by atoms with E-state index in [4.69, 9.17) is 25.4 Å². The number of amides is 1. The molecule has 2 aliphatic rings. The minimum atomic E-state index is -3.13. The van der Waals surface area contributed by atoms with Gasteiger partial charge in [0.1, 0.15) is 30.0 Å². The molecule has 0 spiro atoms. The topological polar surface area (TPSA) is 118 Å². The van der Waals surface area contributed by atoms with Gasteiger partial charge in [-0.05, 0) is 56.9 Å². The summed E-state index contributed by atoms with van der Waals surface area (Å²) < 4.78 is 43.5. The van der Waals surface area contributed by atoms with E-state index in [1.54, 1.807) is 18.2 Å². The van der Waals surface area contributed by atoms with Crippen LogP contribution >= 0.6 is 19.2 Å². The highest BCUT2D eigenvalue weighted by Crippen LogP contribution is 2.48. The van der Waals surface area contributed by atoms with E-state index in [0.717, 1.165) is 39.0 Å². The minimum Gasteiger partial charge on any atom is -0.491 e. The van der Waals surface area contributed by atoms with Crippen LogP contribution in [-0.4, -0.2) is 84.5 Å². The van der Waals surface area contributed by atoms with Crippen LogP contribution in [0.5, 0.6) is 5.75 Å². The number of hydrogen-bond donors (Lipinski definition) is 2. The number of carbonyl (C=O) groups excluding carboxylic acids is 1. The van der Waals surface area contributed by atoms with Crippen LogP contribution in [0.1, 0.15) is 26.7 Å². The van der Waals surface area contributed by atoms with Crippen molar-refractivity contribution >= 4 is 53.2 Å². The molecule has 2 heterocycles. The number of nitrogens with one attached hydrogen (secondary N) is 2. The maximum Gasteiger partial charge on any atom is 0.344 e. The maximum absolute atomic E-state index is 13.7. The minimum absolute atomic E-state index is 0.00953. The van der Waals surface area contributed by atoms with E-state index in [1.165, 1.54) is 24.5 Å². The first-order valence-corrected chi connectivity index (χ1v) is 17.3. The number of hydrogen-bond acceptors (Lipinski definition) is 10. The molecule has 1 amide bonds. The lowest BCUT2D eigenvalue weighted by molar-refractivity contribution is -0.111. The fourth-order valence-corrected chi connectivity index (χ4v) is 6.94. The standard InChI is InChI=1S/C31H39ClFN6O5P/c1-3-43-45(41,44-4-2)21-39-14-12-38(13-15-39)11-5-6-30(40)37-28-17-24-27(18-29(28)42-19-22-7-8-22)34-20-35-31(24)36-23-9-10-26(33)25(32)16-23/h5-6,9-10,16-18,20,22H,3-4,7-8,11-15,19,21H2,1-2H3,(H,37,40)(H,34,35,36). The molecule has 2 aromatic carbocycles. The summed E-state index contributed by atoms with van der Waals surface area (Å²) in [6.45, 7) is 8.45. The summed E-state index contributed by atoms with van der Waals surface area (Å²) in [7, 11) is -3.13. The summed E-state index contributed by atoms with van der Waals surface area (Å²) >= 11 is 5.97. The highest BCUT2D eigenvalue weighted by molar-refractivity contribution is 7.53. The van der Waals surface area contributed by atoms with Gasteiger partial charge in [0.05, 0.1) is 36.0 Å². The highest BCUT2D eigenvalue weighted by atomic mass is 35.5. The van der Waals surface area contributed by atoms with Crippen molar-refractivity contribution in [1.29, 1.82) is 0 Å². The number of piperazine rings is 1. The highest BCUT2D eigenvalue weighted by Gasteiger charge is 2.29. The molecule has 0 radical (unpaired) electrons. The van der Waals surface area contributed by atoms with Gasteiger partial charge in [-0.25, -0.2) is 14.4 Å². The smallest absolute Gasteiger partial charge is 0.344 e. The summed E-state index contributed by atoms with van der Waals surface area (Å²) in [5.74, 6) is 0.703. The SMILES string of the molecule is CCOP(=O)(CN1CCN(CC=CC(=O)Nc2cc3c(Nc4ccc(F)c(Cl)c4)ncnc3cc2OCC2CC2)CC1)OCC. The van der Waals surface area contributed by atoms with Crippen LogP contribution < -0.4 is 15.4 Å². The van der Waals surface area contributed by atoms with Crippen LogP contribution in [0.3, 0.4) is 0 Å². The van der Waals surface area contributed by atoms with Crippen LogP contribution in [0.15, 0.2) is 48.8 Å². The number of halogens is 2. The lowest BCUT2D eigenvalue weighted by Gasteiger charge is -2.35. The van der Waals surface area contributed by atoms with Crippen molar-refractivity contribution in [2.75, 3.05) is 69.5 Å². The monoisotopic (exact) mass is 660 g/mol. The molecule has 242 valence electrons. The normalized spacial score (nSPS) is 16.4. The van der Waals surface area contributed by atoms with Gasteiger partial charge in [0.15, 0.2) is 0 Å². The van der Waals surface area contributed by atoms with Gasteiger partial charge >= 0.3 is 7.60 Å². The largest absolute Gasteiger partial charge is 0.491 e. The number of carbonyl (C=O) groups is 1. The third kappa shape index (κ3) is 9.45. The molecule has 1 aliphatic carbocycles. The average Bonchev–Trinajstić information content (AvgIpc) is 3.84. The number of benzene rings is 2. The van der Waals surface area contributed by atoms with Gasteiger partial charge in [0.25, 0.3) is 0 Å². The Bertz CT molecular complexity index is 1560. The fraction of sp³-hybridized carbons (Fsp3) is 0.452. The van der Waals surface area contributed by atoms with Crippen molar-refractivity contribution < 1.29 is 27.5 Å². The molecular formula is C31H39ClFN6O5P. The molecular weight excluding hydrogens is 622 g/mol. The molecule has 45 heavy (non-hydrogen) atoms. The zero-order valence-corrected chi connectivity index (χ0v) is 27.2. The van der Waals surface area contributed by atoms with Gasteiger partial charge in [0, 0.05) is 55.9 Å². The Hall–Kier alpha value is -3.12. The van der Waals surface area contributed by atoms with E-state index in [9.17, 15) is 13.8 Å². The molecule has 3 aromatic rings. The van der Waals surface area contributed by atoms with E-state index >= 15 is 0 Å². The Kier molecular flexibility index (Phi) is 11.4. The molecule has 2 N–H and O–H groups in total. The number of anilines is 3. The quantitative estimate of drug-likeness (QED) is 0.142. The maximum atomic E-state index is 13.7. The van der Waals surface area contributed by atoms with Gasteiger partial charge in [-0.1, -0.05) is 17.7 Å². The Labute approximate surface area is 267 Å². The average molecular weight is 661 g/mol. The molecule has 1 saturated carbocycles. The molecule has 0 atom stereocenters. The fourth-order valence-electron chi connectivity index (χ4n) is 4.96. The van der Waals surface area contributed by atoms with Gasteiger partial charge in [-0.15, -0.1) is 0 Å². The first kappa shape index (κ1) is 33.2. The van der Waals surface area contributed by atoms with Crippen molar-refractivity contribution in [3.05, 3.63) is 59.7 Å². The van der Waals surface area contributed by atoms with Crippen LogP contribution in [0.2, 0.25) is 5.02 Å². The summed E-state index contributed by atoms with van der Waals surface area (Å²) in [5.41, 5.74) is 1.68. The third-order valence-electron chi connectivity index (χ3n) is 7.47. The van der Waals surface area contributed by atoms with Gasteiger partial charge in [-0.2, -0.15) is 0 Å². The van der Waals surface area contributed by atoms with Crippen molar-refractivity contribution in [1.82, 2.24) is 19.8 Å². The Morgan fingerprint density at radius 3 is 2.51 bits per heavy atom. The Morgan fingerprint density at radius 2 is 1.82 bits per heavy atom. The van der Waals surface area contributed by atoms with E-state index < -0.39 is 13.4 Å². The van der Waals surface area contributed by atoms with Crippen LogP contribution in [0, 0.1) is 11.7 Å². The van der Waals surface area contributed by atoms with Crippen molar-refractivity contribution in [2.45, 2.75) is 26.7 Å². The molecule has 11 nitrogen and oxygen atoms in total. The Balaban J connectivity index is 1.23. The predicted octanol–water partition coefficient (Wildman–Crippen LogP) is 6.29. The lowest BCUT2D eigenvalue weighted by atomic mass is 10.1. The second-order valence-electron chi connectivity index (χ2n) is 11.0. The number of ether oxygens (including phenoxy) is 1.